The van der Waals surface area contributed by atoms with Crippen molar-refractivity contribution in [1.82, 2.24) is 14.8 Å². The van der Waals surface area contributed by atoms with Gasteiger partial charge in [0.05, 0.1) is 16.8 Å². The number of aromatic carboxylic acids is 1. The van der Waals surface area contributed by atoms with Crippen LogP contribution in [0, 0.1) is 11.6 Å². The van der Waals surface area contributed by atoms with Gasteiger partial charge in [0.2, 0.25) is 0 Å². The maximum Gasteiger partial charge on any atom is 0.338 e. The lowest BCUT2D eigenvalue weighted by Gasteiger charge is -2.20. The summed E-state index contributed by atoms with van der Waals surface area (Å²) in [5, 5.41) is 13.9. The summed E-state index contributed by atoms with van der Waals surface area (Å²) in [5.41, 5.74) is 6.67. The van der Waals surface area contributed by atoms with Crippen molar-refractivity contribution in [2.45, 2.75) is 13.0 Å². The van der Waals surface area contributed by atoms with Gasteiger partial charge < -0.3 is 15.6 Å². The van der Waals surface area contributed by atoms with E-state index in [-0.39, 0.29) is 11.6 Å². The zero-order valence-electron chi connectivity index (χ0n) is 15.7. The van der Waals surface area contributed by atoms with Gasteiger partial charge in [-0.05, 0) is 43.3 Å². The summed E-state index contributed by atoms with van der Waals surface area (Å²) < 4.78 is 35.2. The fourth-order valence-electron chi connectivity index (χ4n) is 3.17. The summed E-state index contributed by atoms with van der Waals surface area (Å²) in [5.74, 6) is -2.46. The van der Waals surface area contributed by atoms with Crippen LogP contribution in [0.5, 0.6) is 5.75 Å². The monoisotopic (exact) mass is 410 g/mol. The molecular weight excluding hydrogens is 394 g/mol. The van der Waals surface area contributed by atoms with Gasteiger partial charge in [-0.2, -0.15) is 5.10 Å². The molecule has 1 atom stereocenters. The Kier molecular flexibility index (Phi) is 4.78. The Balaban J connectivity index is 1.78. The van der Waals surface area contributed by atoms with E-state index in [1.54, 1.807) is 25.3 Å². The molecule has 2 aromatic carbocycles. The van der Waals surface area contributed by atoms with Gasteiger partial charge in [0.1, 0.15) is 17.7 Å². The highest BCUT2D eigenvalue weighted by Crippen LogP contribution is 2.32. The highest BCUT2D eigenvalue weighted by molar-refractivity contribution is 5.88. The number of nitrogens with zero attached hydrogens (tertiary/aromatic N) is 3. The maximum absolute atomic E-state index is 14.3. The molecule has 2 aromatic heterocycles. The normalized spacial score (nSPS) is 12.1. The highest BCUT2D eigenvalue weighted by Gasteiger charge is 2.22. The van der Waals surface area contributed by atoms with E-state index < -0.39 is 29.3 Å². The fraction of sp³-hybridized carbons (Fsp3) is 0.0952. The number of anilines is 1. The zero-order chi connectivity index (χ0) is 21.4. The van der Waals surface area contributed by atoms with Crippen molar-refractivity contribution in [2.75, 3.05) is 5.73 Å². The zero-order valence-corrected chi connectivity index (χ0v) is 15.7. The minimum Gasteiger partial charge on any atom is -0.482 e. The lowest BCUT2D eigenvalue weighted by Crippen LogP contribution is -2.13. The summed E-state index contributed by atoms with van der Waals surface area (Å²) >= 11 is 0. The SMILES string of the molecule is CC(Oc1cc2cc(F)ccc2nc1N)c1cc(C(=O)O)c(F)cc1-n1cccn1. The van der Waals surface area contributed by atoms with Crippen molar-refractivity contribution in [3.8, 4) is 11.4 Å². The number of nitrogens with two attached hydrogens (primary N) is 1. The molecule has 152 valence electrons. The van der Waals surface area contributed by atoms with E-state index in [1.807, 2.05) is 0 Å². The molecule has 7 nitrogen and oxygen atoms in total. The first kappa shape index (κ1) is 19.3. The molecule has 30 heavy (non-hydrogen) atoms. The largest absolute Gasteiger partial charge is 0.482 e. The quantitative estimate of drug-likeness (QED) is 0.513. The average molecular weight is 410 g/mol. The van der Waals surface area contributed by atoms with Crippen LogP contribution >= 0.6 is 0 Å². The number of hydrogen-bond acceptors (Lipinski definition) is 5. The third kappa shape index (κ3) is 3.52. The summed E-state index contributed by atoms with van der Waals surface area (Å²) in [6, 6.07) is 9.57. The van der Waals surface area contributed by atoms with Crippen LogP contribution in [-0.4, -0.2) is 25.8 Å². The molecule has 0 fully saturated rings. The molecule has 3 N–H and O–H groups in total. The third-order valence-electron chi connectivity index (χ3n) is 4.61. The molecule has 0 spiro atoms. The van der Waals surface area contributed by atoms with Crippen LogP contribution in [0.25, 0.3) is 16.6 Å². The number of carboxylic acids is 1. The van der Waals surface area contributed by atoms with E-state index in [4.69, 9.17) is 10.5 Å². The second kappa shape index (κ2) is 7.43. The number of fused-ring (bicyclic) bond motifs is 1. The van der Waals surface area contributed by atoms with Crippen molar-refractivity contribution in [1.29, 1.82) is 0 Å². The van der Waals surface area contributed by atoms with Gasteiger partial charge in [-0.1, -0.05) is 0 Å². The number of aromatic nitrogens is 3. The molecule has 4 rings (SSSR count). The van der Waals surface area contributed by atoms with Gasteiger partial charge in [0.15, 0.2) is 11.6 Å². The number of carboxylic acid groups (broad SMARTS) is 1. The molecule has 1 unspecified atom stereocenters. The van der Waals surface area contributed by atoms with Crippen molar-refractivity contribution in [3.05, 3.63) is 77.6 Å². The van der Waals surface area contributed by atoms with Crippen molar-refractivity contribution in [2.24, 2.45) is 0 Å². The van der Waals surface area contributed by atoms with Gasteiger partial charge in [-0.15, -0.1) is 0 Å². The summed E-state index contributed by atoms with van der Waals surface area (Å²) in [6.07, 6.45) is 2.36. The second-order valence-corrected chi connectivity index (χ2v) is 6.62. The van der Waals surface area contributed by atoms with Crippen molar-refractivity contribution in [3.63, 3.8) is 0 Å². The maximum atomic E-state index is 14.3. The molecule has 0 saturated heterocycles. The van der Waals surface area contributed by atoms with Crippen LogP contribution in [0.4, 0.5) is 14.6 Å². The first-order valence-corrected chi connectivity index (χ1v) is 8.92. The molecular formula is C21H16F2N4O3. The first-order valence-electron chi connectivity index (χ1n) is 8.92. The Morgan fingerprint density at radius 1 is 1.23 bits per heavy atom. The van der Waals surface area contributed by atoms with Gasteiger partial charge in [-0.3, -0.25) is 0 Å². The number of pyridine rings is 1. The number of benzene rings is 2. The van der Waals surface area contributed by atoms with E-state index in [0.717, 1.165) is 6.07 Å². The molecule has 0 aliphatic rings. The molecule has 0 bridgehead atoms. The van der Waals surface area contributed by atoms with E-state index in [0.29, 0.717) is 22.2 Å². The lowest BCUT2D eigenvalue weighted by atomic mass is 10.0. The Morgan fingerprint density at radius 2 is 2.03 bits per heavy atom. The lowest BCUT2D eigenvalue weighted by molar-refractivity contribution is 0.0691. The molecule has 0 amide bonds. The summed E-state index contributed by atoms with van der Waals surface area (Å²) in [6.45, 7) is 1.65. The third-order valence-corrected chi connectivity index (χ3v) is 4.61. The fourth-order valence-corrected chi connectivity index (χ4v) is 3.17. The number of carbonyl (C=O) groups is 1. The van der Waals surface area contributed by atoms with E-state index >= 15 is 0 Å². The average Bonchev–Trinajstić information content (AvgIpc) is 3.23. The number of ether oxygens (including phenoxy) is 1. The van der Waals surface area contributed by atoms with Gasteiger partial charge in [0.25, 0.3) is 0 Å². The molecule has 4 aromatic rings. The van der Waals surface area contributed by atoms with Crippen LogP contribution in [-0.2, 0) is 0 Å². The number of rotatable bonds is 5. The Hall–Kier alpha value is -4.01. The van der Waals surface area contributed by atoms with E-state index in [9.17, 15) is 18.7 Å². The van der Waals surface area contributed by atoms with Gasteiger partial charge in [-0.25, -0.2) is 23.2 Å². The topological polar surface area (TPSA) is 103 Å². The van der Waals surface area contributed by atoms with Crippen LogP contribution in [0.2, 0.25) is 0 Å². The van der Waals surface area contributed by atoms with Crippen LogP contribution in [0.1, 0.15) is 28.9 Å². The standard InChI is InChI=1S/C21H16F2N4O3/c1-11(30-19-8-12-7-13(22)3-4-17(12)26-20(19)24)14-9-15(21(28)29)16(23)10-18(14)27-6-2-5-25-27/h2-11H,1H3,(H2,24,26)(H,28,29). The molecule has 0 aliphatic heterocycles. The molecule has 0 saturated carbocycles. The smallest absolute Gasteiger partial charge is 0.338 e. The first-order chi connectivity index (χ1) is 14.3. The van der Waals surface area contributed by atoms with E-state index in [2.05, 4.69) is 10.1 Å². The number of nitrogen functional groups attached to an aromatic ring is 1. The van der Waals surface area contributed by atoms with Crippen molar-refractivity contribution < 1.29 is 23.4 Å². The van der Waals surface area contributed by atoms with E-state index in [1.165, 1.54) is 35.1 Å². The Labute approximate surface area is 169 Å². The van der Waals surface area contributed by atoms with Crippen LogP contribution in [0.15, 0.2) is 54.9 Å². The minimum atomic E-state index is -1.41. The van der Waals surface area contributed by atoms with Gasteiger partial charge in [0, 0.05) is 29.4 Å². The highest BCUT2D eigenvalue weighted by atomic mass is 19.1. The van der Waals surface area contributed by atoms with Crippen LogP contribution in [0.3, 0.4) is 0 Å². The number of halogens is 2. The Morgan fingerprint density at radius 3 is 2.73 bits per heavy atom. The molecule has 0 aliphatic carbocycles. The predicted molar refractivity (Wildman–Crippen MR) is 106 cm³/mol. The molecule has 0 radical (unpaired) electrons. The minimum absolute atomic E-state index is 0.0853. The van der Waals surface area contributed by atoms with Crippen LogP contribution < -0.4 is 10.5 Å². The molecule has 2 heterocycles. The predicted octanol–water partition coefficient (Wildman–Crippen LogP) is 4.12. The van der Waals surface area contributed by atoms with Gasteiger partial charge >= 0.3 is 5.97 Å². The Bertz CT molecular complexity index is 1260. The summed E-state index contributed by atoms with van der Waals surface area (Å²) in [4.78, 5) is 15.6. The molecule has 9 heteroatoms. The number of hydrogen-bond donors (Lipinski definition) is 2. The summed E-state index contributed by atoms with van der Waals surface area (Å²) in [7, 11) is 0. The second-order valence-electron chi connectivity index (χ2n) is 6.62. The van der Waals surface area contributed by atoms with Crippen molar-refractivity contribution >= 4 is 22.7 Å².